The normalized spacial score (nSPS) is 26.0. The summed E-state index contributed by atoms with van der Waals surface area (Å²) in [5.74, 6) is -2.80. The lowest BCUT2D eigenvalue weighted by atomic mass is 9.75. The Bertz CT molecular complexity index is 505. The average Bonchev–Trinajstić information content (AvgIpc) is 2.46. The number of ketones is 1. The predicted molar refractivity (Wildman–Crippen MR) is 71.8 cm³/mol. The average molecular weight is 279 g/mol. The molecule has 1 aromatic rings. The van der Waals surface area contributed by atoms with E-state index in [2.05, 4.69) is 4.98 Å². The zero-order valence-corrected chi connectivity index (χ0v) is 11.4. The first-order chi connectivity index (χ1) is 9.57. The molecule has 0 spiro atoms. The number of hydrogen-bond donors (Lipinski definition) is 0. The van der Waals surface area contributed by atoms with Crippen LogP contribution in [0.5, 0.6) is 0 Å². The highest BCUT2D eigenvalue weighted by molar-refractivity contribution is 5.88. The van der Waals surface area contributed by atoms with Gasteiger partial charge < -0.3 is 0 Å². The van der Waals surface area contributed by atoms with Crippen LogP contribution in [0.2, 0.25) is 0 Å². The number of aryl methyl sites for hydroxylation is 1. The van der Waals surface area contributed by atoms with Gasteiger partial charge in [0.15, 0.2) is 0 Å². The highest BCUT2D eigenvalue weighted by atomic mass is 19.3. The molecule has 1 heterocycles. The molecule has 2 nitrogen and oxygen atoms in total. The van der Waals surface area contributed by atoms with Crippen molar-refractivity contribution in [1.29, 1.82) is 0 Å². The SMILES string of the molecule is O=C(C1CCC(F)(F)CC1)C1CCCc2cccnc21. The Labute approximate surface area is 117 Å². The minimum atomic E-state index is -2.57. The summed E-state index contributed by atoms with van der Waals surface area (Å²) in [6.45, 7) is 0. The fourth-order valence-electron chi connectivity index (χ4n) is 3.50. The Morgan fingerprint density at radius 3 is 2.75 bits per heavy atom. The van der Waals surface area contributed by atoms with E-state index in [1.54, 1.807) is 6.20 Å². The van der Waals surface area contributed by atoms with E-state index in [0.717, 1.165) is 30.5 Å². The van der Waals surface area contributed by atoms with Crippen LogP contribution in [0, 0.1) is 5.92 Å². The lowest BCUT2D eigenvalue weighted by Crippen LogP contribution is -2.32. The van der Waals surface area contributed by atoms with Gasteiger partial charge in [-0.2, -0.15) is 0 Å². The van der Waals surface area contributed by atoms with Gasteiger partial charge >= 0.3 is 0 Å². The van der Waals surface area contributed by atoms with E-state index in [1.807, 2.05) is 12.1 Å². The van der Waals surface area contributed by atoms with Crippen molar-refractivity contribution < 1.29 is 13.6 Å². The maximum absolute atomic E-state index is 13.2. The first-order valence-corrected chi connectivity index (χ1v) is 7.42. The van der Waals surface area contributed by atoms with Crippen molar-refractivity contribution in [2.75, 3.05) is 0 Å². The number of halogens is 2. The highest BCUT2D eigenvalue weighted by Gasteiger charge is 2.40. The van der Waals surface area contributed by atoms with Crippen molar-refractivity contribution >= 4 is 5.78 Å². The smallest absolute Gasteiger partial charge is 0.248 e. The van der Waals surface area contributed by atoms with E-state index < -0.39 is 5.92 Å². The van der Waals surface area contributed by atoms with Gasteiger partial charge in [0.25, 0.3) is 0 Å². The fraction of sp³-hybridized carbons (Fsp3) is 0.625. The summed E-state index contributed by atoms with van der Waals surface area (Å²) in [6.07, 6.45) is 4.84. The van der Waals surface area contributed by atoms with E-state index in [-0.39, 0.29) is 30.5 Å². The number of carbonyl (C=O) groups is 1. The van der Waals surface area contributed by atoms with Crippen LogP contribution in [0.15, 0.2) is 18.3 Å². The number of rotatable bonds is 2. The number of aromatic nitrogens is 1. The van der Waals surface area contributed by atoms with Gasteiger partial charge in [0.2, 0.25) is 5.92 Å². The summed E-state index contributed by atoms with van der Waals surface area (Å²) in [6, 6.07) is 3.92. The van der Waals surface area contributed by atoms with E-state index in [1.165, 1.54) is 0 Å². The van der Waals surface area contributed by atoms with Crippen LogP contribution >= 0.6 is 0 Å². The predicted octanol–water partition coefficient (Wildman–Crippen LogP) is 3.90. The van der Waals surface area contributed by atoms with Crippen LogP contribution in [0.4, 0.5) is 8.78 Å². The van der Waals surface area contributed by atoms with Gasteiger partial charge in [-0.25, -0.2) is 8.78 Å². The quantitative estimate of drug-likeness (QED) is 0.822. The molecule has 0 amide bonds. The highest BCUT2D eigenvalue weighted by Crippen LogP contribution is 2.40. The Morgan fingerprint density at radius 2 is 2.00 bits per heavy atom. The maximum atomic E-state index is 13.2. The van der Waals surface area contributed by atoms with Crippen LogP contribution in [0.3, 0.4) is 0 Å². The van der Waals surface area contributed by atoms with Crippen molar-refractivity contribution in [3.8, 4) is 0 Å². The summed E-state index contributed by atoms with van der Waals surface area (Å²) in [5.41, 5.74) is 2.04. The van der Waals surface area contributed by atoms with Crippen molar-refractivity contribution in [3.63, 3.8) is 0 Å². The van der Waals surface area contributed by atoms with Crippen LogP contribution in [-0.2, 0) is 11.2 Å². The van der Waals surface area contributed by atoms with Gasteiger partial charge in [0.1, 0.15) is 5.78 Å². The number of hydrogen-bond acceptors (Lipinski definition) is 2. The van der Waals surface area contributed by atoms with E-state index in [9.17, 15) is 13.6 Å². The van der Waals surface area contributed by atoms with Gasteiger partial charge in [0, 0.05) is 25.0 Å². The van der Waals surface area contributed by atoms with Crippen molar-refractivity contribution in [3.05, 3.63) is 29.6 Å². The number of Topliss-reactive ketones (excluding diaryl/α,β-unsaturated/α-hetero) is 1. The Kier molecular flexibility index (Phi) is 3.57. The lowest BCUT2D eigenvalue weighted by molar-refractivity contribution is -0.128. The topological polar surface area (TPSA) is 30.0 Å². The first kappa shape index (κ1) is 13.7. The Morgan fingerprint density at radius 1 is 1.25 bits per heavy atom. The van der Waals surface area contributed by atoms with Gasteiger partial charge in [0.05, 0.1) is 11.6 Å². The zero-order valence-electron chi connectivity index (χ0n) is 11.4. The second-order valence-electron chi connectivity index (χ2n) is 6.03. The molecule has 2 aliphatic carbocycles. The summed E-state index contributed by atoms with van der Waals surface area (Å²) in [7, 11) is 0. The standard InChI is InChI=1S/C16H19F2NO/c17-16(18)8-6-12(7-9-16)15(20)13-5-1-3-11-4-2-10-19-14(11)13/h2,4,10,12-13H,1,3,5-9H2. The molecular formula is C16H19F2NO. The van der Waals surface area contributed by atoms with Gasteiger partial charge in [-0.15, -0.1) is 0 Å². The van der Waals surface area contributed by atoms with Gasteiger partial charge in [-0.3, -0.25) is 9.78 Å². The molecule has 3 rings (SSSR count). The third kappa shape index (κ3) is 2.60. The number of alkyl halides is 2. The van der Waals surface area contributed by atoms with E-state index >= 15 is 0 Å². The first-order valence-electron chi connectivity index (χ1n) is 7.42. The third-order valence-electron chi connectivity index (χ3n) is 4.66. The molecule has 1 atom stereocenters. The number of fused-ring (bicyclic) bond motifs is 1. The molecule has 4 heteroatoms. The molecule has 0 bridgehead atoms. The molecule has 0 saturated heterocycles. The molecule has 1 unspecified atom stereocenters. The molecule has 0 aromatic carbocycles. The summed E-state index contributed by atoms with van der Waals surface area (Å²) in [4.78, 5) is 17.0. The van der Waals surface area contributed by atoms with Crippen LogP contribution < -0.4 is 0 Å². The largest absolute Gasteiger partial charge is 0.299 e. The molecule has 108 valence electrons. The van der Waals surface area contributed by atoms with Crippen LogP contribution in [0.1, 0.15) is 55.7 Å². The van der Waals surface area contributed by atoms with Gasteiger partial charge in [-0.05, 0) is 43.7 Å². The number of carbonyl (C=O) groups excluding carboxylic acids is 1. The summed E-state index contributed by atoms with van der Waals surface area (Å²) in [5, 5.41) is 0. The third-order valence-corrected chi connectivity index (χ3v) is 4.66. The second-order valence-corrected chi connectivity index (χ2v) is 6.03. The lowest BCUT2D eigenvalue weighted by Gasteiger charge is -2.31. The molecular weight excluding hydrogens is 260 g/mol. The minimum Gasteiger partial charge on any atom is -0.299 e. The zero-order chi connectivity index (χ0) is 14.2. The molecule has 0 radical (unpaired) electrons. The Balaban J connectivity index is 1.76. The van der Waals surface area contributed by atoms with Crippen molar-refractivity contribution in [2.45, 2.75) is 56.8 Å². The summed E-state index contributed by atoms with van der Waals surface area (Å²) < 4.78 is 26.4. The van der Waals surface area contributed by atoms with Crippen LogP contribution in [-0.4, -0.2) is 16.7 Å². The monoisotopic (exact) mass is 279 g/mol. The number of nitrogens with zero attached hydrogens (tertiary/aromatic N) is 1. The fourth-order valence-corrected chi connectivity index (χ4v) is 3.50. The number of pyridine rings is 1. The van der Waals surface area contributed by atoms with Crippen molar-refractivity contribution in [1.82, 2.24) is 4.98 Å². The maximum Gasteiger partial charge on any atom is 0.248 e. The minimum absolute atomic E-state index is 0.139. The molecule has 2 aliphatic rings. The molecule has 1 aromatic heterocycles. The van der Waals surface area contributed by atoms with Crippen molar-refractivity contribution in [2.24, 2.45) is 5.92 Å². The summed E-state index contributed by atoms with van der Waals surface area (Å²) >= 11 is 0. The second kappa shape index (κ2) is 5.23. The molecule has 0 N–H and O–H groups in total. The molecule has 1 saturated carbocycles. The molecule has 0 aliphatic heterocycles. The molecule has 1 fully saturated rings. The van der Waals surface area contributed by atoms with Gasteiger partial charge in [-0.1, -0.05) is 6.07 Å². The van der Waals surface area contributed by atoms with Crippen LogP contribution in [0.25, 0.3) is 0 Å². The Hall–Kier alpha value is -1.32. The van der Waals surface area contributed by atoms with E-state index in [0.29, 0.717) is 12.8 Å². The molecule has 20 heavy (non-hydrogen) atoms. The van der Waals surface area contributed by atoms with E-state index in [4.69, 9.17) is 0 Å².